The molecule has 1 unspecified atom stereocenters. The summed E-state index contributed by atoms with van der Waals surface area (Å²) in [4.78, 5) is 4.69. The van der Waals surface area contributed by atoms with Gasteiger partial charge in [0.05, 0.1) is 17.7 Å². The molecule has 0 spiro atoms. The Morgan fingerprint density at radius 1 is 1.29 bits per heavy atom. The van der Waals surface area contributed by atoms with Gasteiger partial charge >= 0.3 is 0 Å². The molecular formula is C15H25ClN4O. The van der Waals surface area contributed by atoms with Gasteiger partial charge < -0.3 is 9.30 Å². The highest BCUT2D eigenvalue weighted by Gasteiger charge is 2.20. The second kappa shape index (κ2) is 6.79. The fraction of sp³-hybridized carbons (Fsp3) is 0.733. The van der Waals surface area contributed by atoms with Gasteiger partial charge in [-0.3, -0.25) is 0 Å². The number of halogens is 1. The van der Waals surface area contributed by atoms with E-state index in [1.54, 1.807) is 0 Å². The second-order valence-corrected chi connectivity index (χ2v) is 6.43. The number of fused-ring (bicyclic) bond motifs is 1. The van der Waals surface area contributed by atoms with Gasteiger partial charge in [0.2, 0.25) is 0 Å². The Bertz CT molecular complexity index is 600. The monoisotopic (exact) mass is 312 g/mol. The summed E-state index contributed by atoms with van der Waals surface area (Å²) in [5.74, 6) is 1.44. The number of nitrogens with zero attached hydrogens (tertiary/aromatic N) is 4. The van der Waals surface area contributed by atoms with E-state index in [0.717, 1.165) is 42.4 Å². The molecule has 0 saturated heterocycles. The van der Waals surface area contributed by atoms with E-state index in [1.165, 1.54) is 0 Å². The fourth-order valence-corrected chi connectivity index (χ4v) is 2.63. The van der Waals surface area contributed by atoms with E-state index in [1.807, 2.05) is 18.5 Å². The smallest absolute Gasteiger partial charge is 0.159 e. The van der Waals surface area contributed by atoms with Crippen molar-refractivity contribution in [2.75, 3.05) is 13.2 Å². The maximum atomic E-state index is 6.29. The zero-order chi connectivity index (χ0) is 15.6. The molecule has 2 heterocycles. The number of alkyl halides is 1. The van der Waals surface area contributed by atoms with Crippen molar-refractivity contribution in [3.8, 4) is 0 Å². The topological polar surface area (TPSA) is 44.9 Å². The van der Waals surface area contributed by atoms with Crippen LogP contribution in [0.5, 0.6) is 0 Å². The average Bonchev–Trinajstić information content (AvgIpc) is 2.93. The Balaban J connectivity index is 2.31. The fourth-order valence-electron chi connectivity index (χ4n) is 2.46. The van der Waals surface area contributed by atoms with Crippen LogP contribution in [-0.4, -0.2) is 32.5 Å². The van der Waals surface area contributed by atoms with Gasteiger partial charge in [-0.15, -0.1) is 11.6 Å². The molecule has 2 rings (SSSR count). The molecular weight excluding hydrogens is 288 g/mol. The molecule has 0 aliphatic carbocycles. The summed E-state index contributed by atoms with van der Waals surface area (Å²) in [6.07, 6.45) is 0. The molecule has 21 heavy (non-hydrogen) atoms. The third-order valence-corrected chi connectivity index (χ3v) is 3.59. The van der Waals surface area contributed by atoms with Crippen LogP contribution in [-0.2, 0) is 17.8 Å². The highest BCUT2D eigenvalue weighted by atomic mass is 35.5. The van der Waals surface area contributed by atoms with Gasteiger partial charge in [-0.25, -0.2) is 9.67 Å². The number of ether oxygens (including phenoxy) is 1. The van der Waals surface area contributed by atoms with Crippen LogP contribution in [0.4, 0.5) is 0 Å². The molecule has 0 radical (unpaired) electrons. The summed E-state index contributed by atoms with van der Waals surface area (Å²) < 4.78 is 9.85. The van der Waals surface area contributed by atoms with Gasteiger partial charge in [-0.1, -0.05) is 13.8 Å². The van der Waals surface area contributed by atoms with E-state index in [-0.39, 0.29) is 5.38 Å². The van der Waals surface area contributed by atoms with Crippen LogP contribution in [0.1, 0.15) is 44.6 Å². The van der Waals surface area contributed by atoms with Crippen LogP contribution in [0.2, 0.25) is 0 Å². The molecule has 5 nitrogen and oxygen atoms in total. The quantitative estimate of drug-likeness (QED) is 0.580. The van der Waals surface area contributed by atoms with Gasteiger partial charge in [0.25, 0.3) is 0 Å². The minimum atomic E-state index is -0.132. The zero-order valence-corrected chi connectivity index (χ0v) is 14.3. The predicted octanol–water partition coefficient (Wildman–Crippen LogP) is 3.53. The SMILES string of the molecule is CCn1nc(C)c2nc(C(C)Cl)n(CCOCC(C)C)c21. The Kier molecular flexibility index (Phi) is 5.27. The summed E-state index contributed by atoms with van der Waals surface area (Å²) in [5, 5.41) is 4.40. The summed E-state index contributed by atoms with van der Waals surface area (Å²) in [6.45, 7) is 13.3. The van der Waals surface area contributed by atoms with E-state index >= 15 is 0 Å². The molecule has 0 aliphatic rings. The van der Waals surface area contributed by atoms with Crippen molar-refractivity contribution in [3.05, 3.63) is 11.5 Å². The molecule has 0 aromatic carbocycles. The van der Waals surface area contributed by atoms with Gasteiger partial charge in [0.1, 0.15) is 11.3 Å². The summed E-state index contributed by atoms with van der Waals surface area (Å²) in [5.41, 5.74) is 2.95. The van der Waals surface area contributed by atoms with E-state index in [2.05, 4.69) is 35.4 Å². The van der Waals surface area contributed by atoms with Crippen molar-refractivity contribution >= 4 is 22.8 Å². The van der Waals surface area contributed by atoms with Crippen LogP contribution in [0.3, 0.4) is 0 Å². The molecule has 0 amide bonds. The third kappa shape index (κ3) is 3.40. The van der Waals surface area contributed by atoms with Gasteiger partial charge in [-0.2, -0.15) is 5.10 Å². The highest BCUT2D eigenvalue weighted by molar-refractivity contribution is 6.20. The second-order valence-electron chi connectivity index (χ2n) is 5.78. The first-order chi connectivity index (χ1) is 9.95. The molecule has 0 aliphatic heterocycles. The molecule has 2 aromatic rings. The van der Waals surface area contributed by atoms with Gasteiger partial charge in [0.15, 0.2) is 5.65 Å². The average molecular weight is 313 g/mol. The predicted molar refractivity (Wildman–Crippen MR) is 85.9 cm³/mol. The van der Waals surface area contributed by atoms with Gasteiger partial charge in [-0.05, 0) is 26.7 Å². The summed E-state index contributed by atoms with van der Waals surface area (Å²) in [7, 11) is 0. The number of aromatic nitrogens is 4. The highest BCUT2D eigenvalue weighted by Crippen LogP contribution is 2.26. The minimum Gasteiger partial charge on any atom is -0.379 e. The standard InChI is InChI=1S/C15H25ClN4O/c1-6-20-15-13(12(5)18-20)17-14(11(4)16)19(15)7-8-21-9-10(2)3/h10-11H,6-9H2,1-5H3. The van der Waals surface area contributed by atoms with Crippen LogP contribution in [0, 0.1) is 12.8 Å². The summed E-state index contributed by atoms with van der Waals surface area (Å²) >= 11 is 6.29. The first kappa shape index (κ1) is 16.3. The Morgan fingerprint density at radius 2 is 2.00 bits per heavy atom. The summed E-state index contributed by atoms with van der Waals surface area (Å²) in [6, 6.07) is 0. The van der Waals surface area contributed by atoms with Crippen LogP contribution >= 0.6 is 11.6 Å². The van der Waals surface area contributed by atoms with Crippen LogP contribution in [0.25, 0.3) is 11.2 Å². The number of rotatable bonds is 7. The van der Waals surface area contributed by atoms with Crippen molar-refractivity contribution < 1.29 is 4.74 Å². The molecule has 0 N–H and O–H groups in total. The van der Waals surface area contributed by atoms with E-state index in [0.29, 0.717) is 12.5 Å². The third-order valence-electron chi connectivity index (χ3n) is 3.39. The first-order valence-corrected chi connectivity index (χ1v) is 8.04. The number of aryl methyl sites for hydroxylation is 2. The molecule has 0 saturated carbocycles. The lowest BCUT2D eigenvalue weighted by Crippen LogP contribution is -2.14. The first-order valence-electron chi connectivity index (χ1n) is 7.61. The number of hydrogen-bond donors (Lipinski definition) is 0. The van der Waals surface area contributed by atoms with Crippen LogP contribution < -0.4 is 0 Å². The minimum absolute atomic E-state index is 0.132. The Morgan fingerprint density at radius 3 is 2.57 bits per heavy atom. The van der Waals surface area contributed by atoms with Crippen molar-refractivity contribution in [1.82, 2.24) is 19.3 Å². The maximum Gasteiger partial charge on any atom is 0.159 e. The van der Waals surface area contributed by atoms with Crippen molar-refractivity contribution in [2.45, 2.75) is 53.1 Å². The normalized spacial score (nSPS) is 13.5. The number of hydrogen-bond acceptors (Lipinski definition) is 3. The van der Waals surface area contributed by atoms with Crippen LogP contribution in [0.15, 0.2) is 0 Å². The molecule has 118 valence electrons. The molecule has 6 heteroatoms. The lowest BCUT2D eigenvalue weighted by molar-refractivity contribution is 0.103. The molecule has 0 fully saturated rings. The number of imidazole rings is 1. The Labute approximate surface area is 131 Å². The van der Waals surface area contributed by atoms with Gasteiger partial charge in [0, 0.05) is 19.7 Å². The Hall–Kier alpha value is -1.07. The maximum absolute atomic E-state index is 6.29. The lowest BCUT2D eigenvalue weighted by atomic mass is 10.2. The van der Waals surface area contributed by atoms with Crippen molar-refractivity contribution in [3.63, 3.8) is 0 Å². The van der Waals surface area contributed by atoms with E-state index < -0.39 is 0 Å². The van der Waals surface area contributed by atoms with E-state index in [9.17, 15) is 0 Å². The van der Waals surface area contributed by atoms with Crippen molar-refractivity contribution in [1.29, 1.82) is 0 Å². The van der Waals surface area contributed by atoms with E-state index in [4.69, 9.17) is 16.3 Å². The zero-order valence-electron chi connectivity index (χ0n) is 13.6. The largest absolute Gasteiger partial charge is 0.379 e. The lowest BCUT2D eigenvalue weighted by Gasteiger charge is -2.12. The molecule has 0 bridgehead atoms. The molecule has 1 atom stereocenters. The van der Waals surface area contributed by atoms with Crippen molar-refractivity contribution in [2.24, 2.45) is 5.92 Å². The molecule has 2 aromatic heterocycles.